The summed E-state index contributed by atoms with van der Waals surface area (Å²) in [4.78, 5) is 10.5. The maximum Gasteiger partial charge on any atom is 0.217 e. The van der Waals surface area contributed by atoms with E-state index in [2.05, 4.69) is 18.3 Å². The average Bonchev–Trinajstić information content (AvgIpc) is 1.98. The molecular formula is C10H17NO. The third-order valence-electron chi connectivity index (χ3n) is 1.38. The molecule has 2 nitrogen and oxygen atoms in total. The number of hydrogen-bond acceptors (Lipinski definition) is 1. The van der Waals surface area contributed by atoms with E-state index < -0.39 is 0 Å². The fourth-order valence-electron chi connectivity index (χ4n) is 0.837. The van der Waals surface area contributed by atoms with Gasteiger partial charge in [0.25, 0.3) is 0 Å². The largest absolute Gasteiger partial charge is 0.353 e. The Morgan fingerprint density at radius 1 is 1.42 bits per heavy atom. The topological polar surface area (TPSA) is 29.1 Å². The highest BCUT2D eigenvalue weighted by molar-refractivity contribution is 5.72. The number of nitrogens with one attached hydrogen (secondary N) is 1. The van der Waals surface area contributed by atoms with Crippen molar-refractivity contribution in [3.63, 3.8) is 0 Å². The Hall–Kier alpha value is -1.05. The number of carbonyl (C=O) groups excluding carboxylic acids is 1. The Morgan fingerprint density at radius 2 is 2.08 bits per heavy atom. The standard InChI is InChI=1S/C10H17NO/c1-4-6-9(2)7-5-8-11-10(3)12/h5-7H,4,8H2,1-3H3,(H,11,12). The van der Waals surface area contributed by atoms with E-state index in [9.17, 15) is 4.79 Å². The fourth-order valence-corrected chi connectivity index (χ4v) is 0.837. The molecule has 1 N–H and O–H groups in total. The molecule has 0 bridgehead atoms. The summed E-state index contributed by atoms with van der Waals surface area (Å²) < 4.78 is 0. The summed E-state index contributed by atoms with van der Waals surface area (Å²) in [6.07, 6.45) is 7.16. The van der Waals surface area contributed by atoms with Gasteiger partial charge in [0.05, 0.1) is 0 Å². The van der Waals surface area contributed by atoms with E-state index in [1.165, 1.54) is 12.5 Å². The molecule has 0 saturated carbocycles. The molecule has 0 aliphatic rings. The number of amides is 1. The van der Waals surface area contributed by atoms with Crippen LogP contribution < -0.4 is 5.32 Å². The van der Waals surface area contributed by atoms with Crippen LogP contribution in [0.25, 0.3) is 0 Å². The third-order valence-corrected chi connectivity index (χ3v) is 1.38. The summed E-state index contributed by atoms with van der Waals surface area (Å²) in [5, 5.41) is 2.69. The van der Waals surface area contributed by atoms with Gasteiger partial charge >= 0.3 is 0 Å². The van der Waals surface area contributed by atoms with E-state index in [-0.39, 0.29) is 5.91 Å². The lowest BCUT2D eigenvalue weighted by molar-refractivity contribution is -0.118. The minimum absolute atomic E-state index is 0.0109. The van der Waals surface area contributed by atoms with Gasteiger partial charge in [0.2, 0.25) is 5.91 Å². The van der Waals surface area contributed by atoms with Crippen LogP contribution in [0.4, 0.5) is 0 Å². The van der Waals surface area contributed by atoms with Gasteiger partial charge in [-0.1, -0.05) is 30.7 Å². The van der Waals surface area contributed by atoms with Crippen LogP contribution in [-0.4, -0.2) is 12.5 Å². The maximum atomic E-state index is 10.5. The molecule has 0 spiro atoms. The quantitative estimate of drug-likeness (QED) is 0.638. The summed E-state index contributed by atoms with van der Waals surface area (Å²) >= 11 is 0. The van der Waals surface area contributed by atoms with E-state index in [1.54, 1.807) is 0 Å². The molecule has 0 aliphatic carbocycles. The SMILES string of the molecule is CCC=C(C)C=CCNC(C)=O. The van der Waals surface area contributed by atoms with E-state index in [1.807, 2.05) is 19.1 Å². The molecule has 68 valence electrons. The zero-order valence-corrected chi connectivity index (χ0v) is 8.05. The van der Waals surface area contributed by atoms with Gasteiger partial charge in [0, 0.05) is 13.5 Å². The van der Waals surface area contributed by atoms with Crippen LogP contribution in [0.1, 0.15) is 27.2 Å². The lowest BCUT2D eigenvalue weighted by Gasteiger charge is -1.94. The Bertz CT molecular complexity index is 192. The first-order valence-electron chi connectivity index (χ1n) is 4.24. The highest BCUT2D eigenvalue weighted by Crippen LogP contribution is 1.95. The van der Waals surface area contributed by atoms with Crippen LogP contribution in [-0.2, 0) is 4.79 Å². The second kappa shape index (κ2) is 6.65. The van der Waals surface area contributed by atoms with E-state index >= 15 is 0 Å². The van der Waals surface area contributed by atoms with Gasteiger partial charge in [-0.25, -0.2) is 0 Å². The summed E-state index contributed by atoms with van der Waals surface area (Å²) in [6.45, 7) is 6.28. The second-order valence-corrected chi connectivity index (χ2v) is 2.70. The summed E-state index contributed by atoms with van der Waals surface area (Å²) in [6, 6.07) is 0. The molecule has 0 aromatic heterocycles. The van der Waals surface area contributed by atoms with Crippen molar-refractivity contribution in [3.8, 4) is 0 Å². The molecule has 0 unspecified atom stereocenters. The molecule has 0 saturated heterocycles. The highest BCUT2D eigenvalue weighted by atomic mass is 16.1. The zero-order chi connectivity index (χ0) is 9.40. The molecular weight excluding hydrogens is 150 g/mol. The molecule has 2 heteroatoms. The van der Waals surface area contributed by atoms with Crippen molar-refractivity contribution >= 4 is 5.91 Å². The first kappa shape index (κ1) is 11.0. The fraction of sp³-hybridized carbons (Fsp3) is 0.500. The van der Waals surface area contributed by atoms with Crippen molar-refractivity contribution < 1.29 is 4.79 Å². The van der Waals surface area contributed by atoms with Gasteiger partial charge in [0.1, 0.15) is 0 Å². The smallest absolute Gasteiger partial charge is 0.217 e. The molecule has 1 amide bonds. The molecule has 0 rings (SSSR count). The van der Waals surface area contributed by atoms with Crippen molar-refractivity contribution in [2.75, 3.05) is 6.54 Å². The Morgan fingerprint density at radius 3 is 2.58 bits per heavy atom. The number of allylic oxidation sites excluding steroid dienone is 3. The van der Waals surface area contributed by atoms with Crippen molar-refractivity contribution in [1.82, 2.24) is 5.32 Å². The molecule has 0 aromatic rings. The van der Waals surface area contributed by atoms with Crippen LogP contribution >= 0.6 is 0 Å². The Labute approximate surface area is 74.4 Å². The van der Waals surface area contributed by atoms with Crippen molar-refractivity contribution in [3.05, 3.63) is 23.8 Å². The average molecular weight is 167 g/mol. The molecule has 0 aromatic carbocycles. The van der Waals surface area contributed by atoms with E-state index in [0.717, 1.165) is 6.42 Å². The van der Waals surface area contributed by atoms with Crippen LogP contribution in [0.5, 0.6) is 0 Å². The Kier molecular flexibility index (Phi) is 6.07. The predicted octanol–water partition coefficient (Wildman–Crippen LogP) is 2.04. The maximum absolute atomic E-state index is 10.5. The molecule has 0 heterocycles. The monoisotopic (exact) mass is 167 g/mol. The van der Waals surface area contributed by atoms with Crippen LogP contribution in [0, 0.1) is 0 Å². The third kappa shape index (κ3) is 7.06. The van der Waals surface area contributed by atoms with Crippen LogP contribution in [0.3, 0.4) is 0 Å². The van der Waals surface area contributed by atoms with Gasteiger partial charge < -0.3 is 5.32 Å². The summed E-state index contributed by atoms with van der Waals surface area (Å²) in [7, 11) is 0. The molecule has 0 radical (unpaired) electrons. The highest BCUT2D eigenvalue weighted by Gasteiger charge is 1.84. The number of hydrogen-bond donors (Lipinski definition) is 1. The Balaban J connectivity index is 3.61. The number of carbonyl (C=O) groups is 1. The van der Waals surface area contributed by atoms with Gasteiger partial charge in [0.15, 0.2) is 0 Å². The molecule has 0 aliphatic heterocycles. The lowest BCUT2D eigenvalue weighted by atomic mass is 10.2. The van der Waals surface area contributed by atoms with E-state index in [0.29, 0.717) is 6.54 Å². The molecule has 0 fully saturated rings. The van der Waals surface area contributed by atoms with Crippen molar-refractivity contribution in [2.45, 2.75) is 27.2 Å². The normalized spacial score (nSPS) is 12.1. The minimum atomic E-state index is 0.0109. The zero-order valence-electron chi connectivity index (χ0n) is 8.05. The molecule has 12 heavy (non-hydrogen) atoms. The van der Waals surface area contributed by atoms with Crippen LogP contribution in [0.15, 0.2) is 23.8 Å². The van der Waals surface area contributed by atoms with E-state index in [4.69, 9.17) is 0 Å². The first-order valence-corrected chi connectivity index (χ1v) is 4.24. The van der Waals surface area contributed by atoms with Crippen molar-refractivity contribution in [1.29, 1.82) is 0 Å². The minimum Gasteiger partial charge on any atom is -0.353 e. The second-order valence-electron chi connectivity index (χ2n) is 2.70. The van der Waals surface area contributed by atoms with Gasteiger partial charge in [-0.15, -0.1) is 0 Å². The lowest BCUT2D eigenvalue weighted by Crippen LogP contribution is -2.19. The first-order chi connectivity index (χ1) is 5.66. The van der Waals surface area contributed by atoms with Crippen molar-refractivity contribution in [2.24, 2.45) is 0 Å². The summed E-state index contributed by atoms with van der Waals surface area (Å²) in [5.41, 5.74) is 1.24. The summed E-state index contributed by atoms with van der Waals surface area (Å²) in [5.74, 6) is 0.0109. The predicted molar refractivity (Wildman–Crippen MR) is 51.9 cm³/mol. The van der Waals surface area contributed by atoms with Gasteiger partial charge in [-0.2, -0.15) is 0 Å². The molecule has 0 atom stereocenters. The van der Waals surface area contributed by atoms with Gasteiger partial charge in [-0.05, 0) is 13.3 Å². The van der Waals surface area contributed by atoms with Gasteiger partial charge in [-0.3, -0.25) is 4.79 Å². The van der Waals surface area contributed by atoms with Crippen LogP contribution in [0.2, 0.25) is 0 Å². The number of rotatable bonds is 4.